The van der Waals surface area contributed by atoms with Gasteiger partial charge in [0.05, 0.1) is 6.61 Å². The van der Waals surface area contributed by atoms with Gasteiger partial charge in [-0.05, 0) is 57.0 Å². The Hall–Kier alpha value is -1.22. The van der Waals surface area contributed by atoms with Crippen LogP contribution in [0.5, 0.6) is 0 Å². The summed E-state index contributed by atoms with van der Waals surface area (Å²) in [6.07, 6.45) is 1.12. The van der Waals surface area contributed by atoms with Crippen LogP contribution < -0.4 is 0 Å². The predicted molar refractivity (Wildman–Crippen MR) is 93.6 cm³/mol. The maximum atomic E-state index is 6.09. The standard InChI is InChI=1S/C18H30O2Si/c1-8-19-18(20-21(5,6)7)15(4)17-11-9-16(10-12-17)13-14(2)3/h9-12,14H,8,13H2,1-7H3/b18-15-. The highest BCUT2D eigenvalue weighted by Crippen LogP contribution is 2.24. The number of hydrogen-bond acceptors (Lipinski definition) is 2. The molecule has 0 radical (unpaired) electrons. The molecule has 1 aromatic carbocycles. The molecule has 0 saturated carbocycles. The smallest absolute Gasteiger partial charge is 0.268 e. The van der Waals surface area contributed by atoms with Crippen LogP contribution in [0.15, 0.2) is 30.2 Å². The van der Waals surface area contributed by atoms with Crippen molar-refractivity contribution in [2.24, 2.45) is 5.92 Å². The Balaban J connectivity index is 3.00. The van der Waals surface area contributed by atoms with Crippen LogP contribution in [0.3, 0.4) is 0 Å². The molecule has 0 unspecified atom stereocenters. The van der Waals surface area contributed by atoms with Gasteiger partial charge in [0.25, 0.3) is 5.95 Å². The van der Waals surface area contributed by atoms with Crippen molar-refractivity contribution in [2.45, 2.75) is 53.8 Å². The summed E-state index contributed by atoms with van der Waals surface area (Å²) in [6, 6.07) is 8.74. The van der Waals surface area contributed by atoms with Gasteiger partial charge in [-0.25, -0.2) is 0 Å². The molecule has 0 aliphatic rings. The second-order valence-corrected chi connectivity index (χ2v) is 11.3. The largest absolute Gasteiger partial charge is 0.520 e. The Bertz CT molecular complexity index is 467. The van der Waals surface area contributed by atoms with E-state index in [1.807, 2.05) is 6.92 Å². The fraction of sp³-hybridized carbons (Fsp3) is 0.556. The molecule has 0 spiro atoms. The lowest BCUT2D eigenvalue weighted by atomic mass is 10.00. The van der Waals surface area contributed by atoms with Crippen LogP contribution in [-0.2, 0) is 15.6 Å². The molecule has 1 rings (SSSR count). The molecule has 0 amide bonds. The molecule has 0 fully saturated rings. The van der Waals surface area contributed by atoms with Crippen LogP contribution in [0.2, 0.25) is 19.6 Å². The molecular formula is C18H30O2Si. The van der Waals surface area contributed by atoms with Crippen LogP contribution in [0.4, 0.5) is 0 Å². The van der Waals surface area contributed by atoms with Crippen LogP contribution >= 0.6 is 0 Å². The highest BCUT2D eigenvalue weighted by Gasteiger charge is 2.20. The lowest BCUT2D eigenvalue weighted by Crippen LogP contribution is -2.26. The van der Waals surface area contributed by atoms with E-state index in [-0.39, 0.29) is 0 Å². The molecule has 0 aliphatic carbocycles. The van der Waals surface area contributed by atoms with Gasteiger partial charge in [-0.1, -0.05) is 38.1 Å². The fourth-order valence-corrected chi connectivity index (χ4v) is 2.87. The number of allylic oxidation sites excluding steroid dienone is 1. The summed E-state index contributed by atoms with van der Waals surface area (Å²) in [5, 5.41) is 0. The second-order valence-electron chi connectivity index (χ2n) is 6.85. The number of benzene rings is 1. The van der Waals surface area contributed by atoms with E-state index in [9.17, 15) is 0 Å². The third-order valence-electron chi connectivity index (χ3n) is 3.01. The molecule has 21 heavy (non-hydrogen) atoms. The normalized spacial score (nSPS) is 13.1. The van der Waals surface area contributed by atoms with Crippen LogP contribution in [0.25, 0.3) is 5.57 Å². The van der Waals surface area contributed by atoms with Gasteiger partial charge in [-0.3, -0.25) is 0 Å². The number of hydrogen-bond donors (Lipinski definition) is 0. The Labute approximate surface area is 131 Å². The predicted octanol–water partition coefficient (Wildman–Crippen LogP) is 5.46. The zero-order chi connectivity index (χ0) is 16.0. The van der Waals surface area contributed by atoms with Crippen molar-refractivity contribution in [3.8, 4) is 0 Å². The highest BCUT2D eigenvalue weighted by molar-refractivity contribution is 6.70. The van der Waals surface area contributed by atoms with Crippen LogP contribution in [0, 0.1) is 5.92 Å². The van der Waals surface area contributed by atoms with E-state index in [2.05, 4.69) is 64.7 Å². The minimum Gasteiger partial charge on any atom is -0.520 e. The van der Waals surface area contributed by atoms with Crippen molar-refractivity contribution in [3.05, 3.63) is 41.3 Å². The summed E-state index contributed by atoms with van der Waals surface area (Å²) < 4.78 is 11.8. The first-order valence-electron chi connectivity index (χ1n) is 7.85. The first-order valence-corrected chi connectivity index (χ1v) is 11.3. The Morgan fingerprint density at radius 3 is 2.10 bits per heavy atom. The lowest BCUT2D eigenvalue weighted by molar-refractivity contribution is 0.114. The van der Waals surface area contributed by atoms with Gasteiger partial charge in [0, 0.05) is 5.57 Å². The zero-order valence-electron chi connectivity index (χ0n) is 14.6. The third-order valence-corrected chi connectivity index (χ3v) is 3.81. The van der Waals surface area contributed by atoms with E-state index in [0.717, 1.165) is 12.0 Å². The molecule has 1 aromatic rings. The Kier molecular flexibility index (Phi) is 6.53. The molecule has 0 bridgehead atoms. The minimum atomic E-state index is -1.67. The summed E-state index contributed by atoms with van der Waals surface area (Å²) in [5.74, 6) is 1.37. The van der Waals surface area contributed by atoms with Gasteiger partial charge in [-0.2, -0.15) is 0 Å². The molecule has 0 heterocycles. The van der Waals surface area contributed by atoms with Crippen molar-refractivity contribution in [1.29, 1.82) is 0 Å². The summed E-state index contributed by atoms with van der Waals surface area (Å²) in [4.78, 5) is 0. The highest BCUT2D eigenvalue weighted by atomic mass is 28.4. The molecule has 0 N–H and O–H groups in total. The van der Waals surface area contributed by atoms with Gasteiger partial charge >= 0.3 is 0 Å². The summed E-state index contributed by atoms with van der Waals surface area (Å²) >= 11 is 0. The van der Waals surface area contributed by atoms with E-state index >= 15 is 0 Å². The maximum absolute atomic E-state index is 6.09. The van der Waals surface area contributed by atoms with Crippen molar-refractivity contribution >= 4 is 13.9 Å². The first kappa shape index (κ1) is 17.8. The van der Waals surface area contributed by atoms with Crippen LogP contribution in [-0.4, -0.2) is 14.9 Å². The number of ether oxygens (including phenoxy) is 1. The third kappa shape index (κ3) is 6.38. The molecule has 0 aliphatic heterocycles. The second kappa shape index (κ2) is 7.69. The molecule has 0 atom stereocenters. The van der Waals surface area contributed by atoms with Crippen molar-refractivity contribution < 1.29 is 9.16 Å². The van der Waals surface area contributed by atoms with E-state index in [4.69, 9.17) is 9.16 Å². The van der Waals surface area contributed by atoms with Crippen molar-refractivity contribution in [1.82, 2.24) is 0 Å². The molecule has 0 saturated heterocycles. The van der Waals surface area contributed by atoms with Crippen LogP contribution in [0.1, 0.15) is 38.8 Å². The average molecular weight is 307 g/mol. The first-order chi connectivity index (χ1) is 9.73. The topological polar surface area (TPSA) is 18.5 Å². The van der Waals surface area contributed by atoms with E-state index in [1.54, 1.807) is 0 Å². The minimum absolute atomic E-state index is 0.628. The maximum Gasteiger partial charge on any atom is 0.268 e. The zero-order valence-corrected chi connectivity index (χ0v) is 15.6. The van der Waals surface area contributed by atoms with E-state index in [0.29, 0.717) is 18.5 Å². The fourth-order valence-electron chi connectivity index (χ4n) is 2.10. The Morgan fingerprint density at radius 1 is 1.10 bits per heavy atom. The van der Waals surface area contributed by atoms with E-state index < -0.39 is 8.32 Å². The summed E-state index contributed by atoms with van der Waals surface area (Å²) in [6.45, 7) is 15.7. The molecule has 118 valence electrons. The average Bonchev–Trinajstić information content (AvgIpc) is 2.36. The van der Waals surface area contributed by atoms with Gasteiger partial charge < -0.3 is 9.16 Å². The van der Waals surface area contributed by atoms with Gasteiger partial charge in [0.1, 0.15) is 0 Å². The monoisotopic (exact) mass is 306 g/mol. The van der Waals surface area contributed by atoms with Crippen molar-refractivity contribution in [2.75, 3.05) is 6.61 Å². The lowest BCUT2D eigenvalue weighted by Gasteiger charge is -2.23. The summed E-state index contributed by atoms with van der Waals surface area (Å²) in [7, 11) is -1.67. The SMILES string of the molecule is CCO/C(O[Si](C)(C)C)=C(\C)c1ccc(CC(C)C)cc1. The Morgan fingerprint density at radius 2 is 1.67 bits per heavy atom. The molecule has 2 nitrogen and oxygen atoms in total. The van der Waals surface area contributed by atoms with Gasteiger partial charge in [-0.15, -0.1) is 0 Å². The van der Waals surface area contributed by atoms with Crippen molar-refractivity contribution in [3.63, 3.8) is 0 Å². The van der Waals surface area contributed by atoms with E-state index in [1.165, 1.54) is 11.1 Å². The number of rotatable bonds is 7. The van der Waals surface area contributed by atoms with Gasteiger partial charge in [0.15, 0.2) is 0 Å². The molecule has 0 aromatic heterocycles. The molecule has 3 heteroatoms. The van der Waals surface area contributed by atoms with Gasteiger partial charge in [0.2, 0.25) is 8.32 Å². The summed E-state index contributed by atoms with van der Waals surface area (Å²) in [5.41, 5.74) is 3.63. The quantitative estimate of drug-likeness (QED) is 0.492. The molecular weight excluding hydrogens is 276 g/mol.